The molecule has 0 atom stereocenters. The van der Waals surface area contributed by atoms with Gasteiger partial charge in [-0.25, -0.2) is 0 Å². The first-order valence-corrected chi connectivity index (χ1v) is 4.25. The summed E-state index contributed by atoms with van der Waals surface area (Å²) in [6, 6.07) is 2.29. The molecule has 0 radical (unpaired) electrons. The van der Waals surface area contributed by atoms with Crippen LogP contribution in [0.1, 0.15) is 11.3 Å². The molecule has 0 aliphatic carbocycles. The third-order valence-corrected chi connectivity index (χ3v) is 1.85. The van der Waals surface area contributed by atoms with Crippen LogP contribution in [0, 0.1) is 0 Å². The minimum Gasteiger partial charge on any atom is -0.260 e. The van der Waals surface area contributed by atoms with E-state index in [2.05, 4.69) is 20.9 Å². The summed E-state index contributed by atoms with van der Waals surface area (Å²) >= 11 is 2.94. The van der Waals surface area contributed by atoms with Gasteiger partial charge in [0.2, 0.25) is 0 Å². The SMILES string of the molecule is Br.FC(F)(F)c1cccnc1CBr. The highest BCUT2D eigenvalue weighted by Crippen LogP contribution is 2.31. The van der Waals surface area contributed by atoms with Crippen molar-refractivity contribution in [2.75, 3.05) is 0 Å². The second-order valence-corrected chi connectivity index (χ2v) is 2.69. The zero-order valence-corrected chi connectivity index (χ0v) is 9.61. The number of halogens is 5. The van der Waals surface area contributed by atoms with Crippen LogP contribution in [0.3, 0.4) is 0 Å². The lowest BCUT2D eigenvalue weighted by molar-refractivity contribution is -0.138. The molecule has 1 nitrogen and oxygen atoms in total. The van der Waals surface area contributed by atoms with Crippen LogP contribution in [0.2, 0.25) is 0 Å². The molecule has 0 saturated heterocycles. The molecule has 1 rings (SSSR count). The summed E-state index contributed by atoms with van der Waals surface area (Å²) < 4.78 is 36.5. The Bertz CT molecular complexity index is 275. The second kappa shape index (κ2) is 4.95. The van der Waals surface area contributed by atoms with E-state index in [4.69, 9.17) is 0 Å². The average molecular weight is 321 g/mol. The quantitative estimate of drug-likeness (QED) is 0.721. The maximum absolute atomic E-state index is 12.2. The number of alkyl halides is 4. The number of nitrogens with zero attached hydrogens (tertiary/aromatic N) is 1. The molecule has 0 N–H and O–H groups in total. The lowest BCUT2D eigenvalue weighted by Crippen LogP contribution is -2.09. The molecule has 74 valence electrons. The summed E-state index contributed by atoms with van der Waals surface area (Å²) in [6.45, 7) is 0. The highest BCUT2D eigenvalue weighted by atomic mass is 79.9. The van der Waals surface area contributed by atoms with E-state index in [0.717, 1.165) is 6.07 Å². The summed E-state index contributed by atoms with van der Waals surface area (Å²) in [5.41, 5.74) is -0.660. The Labute approximate surface area is 92.3 Å². The Balaban J connectivity index is 0.00000144. The Morgan fingerprint density at radius 1 is 1.38 bits per heavy atom. The minimum atomic E-state index is -4.31. The molecule has 0 aliphatic rings. The van der Waals surface area contributed by atoms with Crippen LogP contribution in [0.4, 0.5) is 13.2 Å². The van der Waals surface area contributed by atoms with Gasteiger partial charge in [0.1, 0.15) is 0 Å². The number of hydrogen-bond acceptors (Lipinski definition) is 1. The van der Waals surface area contributed by atoms with Crippen molar-refractivity contribution in [3.63, 3.8) is 0 Å². The zero-order chi connectivity index (χ0) is 9.19. The number of rotatable bonds is 1. The molecule has 0 bridgehead atoms. The van der Waals surface area contributed by atoms with Gasteiger partial charge in [-0.3, -0.25) is 4.98 Å². The van der Waals surface area contributed by atoms with Gasteiger partial charge in [-0.2, -0.15) is 13.2 Å². The van der Waals surface area contributed by atoms with Gasteiger partial charge < -0.3 is 0 Å². The molecule has 0 saturated carbocycles. The maximum atomic E-state index is 12.2. The number of aromatic nitrogens is 1. The largest absolute Gasteiger partial charge is 0.418 e. The van der Waals surface area contributed by atoms with Crippen LogP contribution in [0.25, 0.3) is 0 Å². The van der Waals surface area contributed by atoms with Gasteiger partial charge in [0, 0.05) is 11.5 Å². The van der Waals surface area contributed by atoms with E-state index in [1.807, 2.05) is 0 Å². The Morgan fingerprint density at radius 2 is 2.00 bits per heavy atom. The summed E-state index contributed by atoms with van der Waals surface area (Å²) in [5, 5.41) is 0.114. The van der Waals surface area contributed by atoms with E-state index in [1.54, 1.807) is 0 Å². The van der Waals surface area contributed by atoms with Crippen molar-refractivity contribution >= 4 is 32.9 Å². The maximum Gasteiger partial charge on any atom is 0.418 e. The first-order chi connectivity index (χ1) is 5.55. The van der Waals surface area contributed by atoms with Gasteiger partial charge in [0.25, 0.3) is 0 Å². The summed E-state index contributed by atoms with van der Waals surface area (Å²) in [6.07, 6.45) is -2.97. The fraction of sp³-hybridized carbons (Fsp3) is 0.286. The van der Waals surface area contributed by atoms with Gasteiger partial charge >= 0.3 is 6.18 Å². The van der Waals surface area contributed by atoms with Crippen LogP contribution in [-0.4, -0.2) is 4.98 Å². The Hall–Kier alpha value is -0.100. The van der Waals surface area contributed by atoms with Crippen LogP contribution in [0.15, 0.2) is 18.3 Å². The molecular formula is C7H6Br2F3N. The van der Waals surface area contributed by atoms with Crippen molar-refractivity contribution in [2.45, 2.75) is 11.5 Å². The molecule has 0 aromatic carbocycles. The predicted octanol–water partition coefficient (Wildman–Crippen LogP) is 3.57. The highest BCUT2D eigenvalue weighted by Gasteiger charge is 2.33. The molecule has 0 amide bonds. The molecular weight excluding hydrogens is 315 g/mol. The molecule has 0 aliphatic heterocycles. The topological polar surface area (TPSA) is 12.9 Å². The summed E-state index contributed by atoms with van der Waals surface area (Å²) in [4.78, 5) is 3.60. The van der Waals surface area contributed by atoms with Gasteiger partial charge in [-0.05, 0) is 12.1 Å². The lowest BCUT2D eigenvalue weighted by Gasteiger charge is -2.08. The second-order valence-electron chi connectivity index (χ2n) is 2.13. The van der Waals surface area contributed by atoms with Gasteiger partial charge in [0.15, 0.2) is 0 Å². The van der Waals surface area contributed by atoms with E-state index in [0.29, 0.717) is 0 Å². The van der Waals surface area contributed by atoms with Crippen molar-refractivity contribution in [3.05, 3.63) is 29.6 Å². The van der Waals surface area contributed by atoms with Crippen molar-refractivity contribution in [1.82, 2.24) is 4.98 Å². The van der Waals surface area contributed by atoms with Gasteiger partial charge in [-0.15, -0.1) is 17.0 Å². The fourth-order valence-electron chi connectivity index (χ4n) is 0.803. The van der Waals surface area contributed by atoms with E-state index in [1.165, 1.54) is 12.3 Å². The summed E-state index contributed by atoms with van der Waals surface area (Å²) in [7, 11) is 0. The van der Waals surface area contributed by atoms with E-state index in [9.17, 15) is 13.2 Å². The zero-order valence-electron chi connectivity index (χ0n) is 6.31. The molecule has 0 spiro atoms. The Kier molecular flexibility index (Phi) is 4.91. The Morgan fingerprint density at radius 3 is 2.38 bits per heavy atom. The molecule has 1 aromatic heterocycles. The van der Waals surface area contributed by atoms with Crippen LogP contribution in [0.5, 0.6) is 0 Å². The third-order valence-electron chi connectivity index (χ3n) is 1.32. The molecule has 0 unspecified atom stereocenters. The lowest BCUT2D eigenvalue weighted by atomic mass is 10.2. The minimum absolute atomic E-state index is 0. The molecule has 0 fully saturated rings. The summed E-state index contributed by atoms with van der Waals surface area (Å²) in [5.74, 6) is 0. The standard InChI is InChI=1S/C7H5BrF3N.BrH/c8-4-6-5(7(9,10)11)2-1-3-12-6;/h1-3H,4H2;1H. The third kappa shape index (κ3) is 3.27. The molecule has 13 heavy (non-hydrogen) atoms. The molecule has 6 heteroatoms. The van der Waals surface area contributed by atoms with E-state index < -0.39 is 11.7 Å². The molecule has 1 heterocycles. The van der Waals surface area contributed by atoms with Crippen LogP contribution in [-0.2, 0) is 11.5 Å². The smallest absolute Gasteiger partial charge is 0.260 e. The first kappa shape index (κ1) is 12.9. The number of pyridine rings is 1. The van der Waals surface area contributed by atoms with E-state index in [-0.39, 0.29) is 28.0 Å². The molecule has 1 aromatic rings. The van der Waals surface area contributed by atoms with Crippen LogP contribution >= 0.6 is 32.9 Å². The van der Waals surface area contributed by atoms with E-state index >= 15 is 0 Å². The van der Waals surface area contributed by atoms with Crippen molar-refractivity contribution in [1.29, 1.82) is 0 Å². The number of hydrogen-bond donors (Lipinski definition) is 0. The van der Waals surface area contributed by atoms with Crippen molar-refractivity contribution < 1.29 is 13.2 Å². The van der Waals surface area contributed by atoms with Gasteiger partial charge in [0.05, 0.1) is 11.3 Å². The first-order valence-electron chi connectivity index (χ1n) is 3.12. The van der Waals surface area contributed by atoms with Crippen molar-refractivity contribution in [2.24, 2.45) is 0 Å². The average Bonchev–Trinajstić information content (AvgIpc) is 2.03. The normalized spacial score (nSPS) is 10.8. The fourth-order valence-corrected chi connectivity index (χ4v) is 1.25. The highest BCUT2D eigenvalue weighted by molar-refractivity contribution is 9.08. The predicted molar refractivity (Wildman–Crippen MR) is 52.2 cm³/mol. The van der Waals surface area contributed by atoms with Gasteiger partial charge in [-0.1, -0.05) is 15.9 Å². The van der Waals surface area contributed by atoms with Crippen molar-refractivity contribution in [3.8, 4) is 0 Å². The van der Waals surface area contributed by atoms with Crippen LogP contribution < -0.4 is 0 Å². The monoisotopic (exact) mass is 319 g/mol.